The molecule has 2 atom stereocenters. The Morgan fingerprint density at radius 1 is 1.32 bits per heavy atom. The molecule has 0 radical (unpaired) electrons. The average molecular weight is 401 g/mol. The van der Waals surface area contributed by atoms with Crippen LogP contribution in [0.2, 0.25) is 0 Å². The van der Waals surface area contributed by atoms with Crippen molar-refractivity contribution in [2.75, 3.05) is 6.54 Å². The summed E-state index contributed by atoms with van der Waals surface area (Å²) >= 11 is 1.33. The number of rotatable bonds is 3. The molecule has 2 aliphatic rings. The maximum Gasteiger partial charge on any atom is 0.241 e. The first-order chi connectivity index (χ1) is 13.5. The number of aryl methyl sites for hydroxylation is 1. The van der Waals surface area contributed by atoms with Gasteiger partial charge in [0.25, 0.3) is 0 Å². The van der Waals surface area contributed by atoms with E-state index >= 15 is 0 Å². The molecule has 0 saturated heterocycles. The van der Waals surface area contributed by atoms with E-state index < -0.39 is 16.5 Å². The number of nitrogens with zero attached hydrogens (tertiary/aromatic N) is 2. The van der Waals surface area contributed by atoms with Gasteiger partial charge in [0, 0.05) is 12.5 Å². The molecule has 1 amide bonds. The van der Waals surface area contributed by atoms with Crippen LogP contribution in [0.15, 0.2) is 47.6 Å². The van der Waals surface area contributed by atoms with Crippen LogP contribution in [0.3, 0.4) is 0 Å². The zero-order valence-electron chi connectivity index (χ0n) is 15.5. The molecule has 0 aromatic heterocycles. The molecule has 146 valence electrons. The fourth-order valence-corrected chi connectivity index (χ4v) is 5.90. The normalized spacial score (nSPS) is 23.6. The van der Waals surface area contributed by atoms with Crippen LogP contribution in [0.5, 0.6) is 0 Å². The Labute approximate surface area is 166 Å². The Morgan fingerprint density at radius 3 is 2.86 bits per heavy atom. The second-order valence-corrected chi connectivity index (χ2v) is 8.34. The van der Waals surface area contributed by atoms with E-state index in [0.29, 0.717) is 18.0 Å². The quantitative estimate of drug-likeness (QED) is 0.846. The van der Waals surface area contributed by atoms with Gasteiger partial charge in [-0.1, -0.05) is 36.0 Å². The van der Waals surface area contributed by atoms with Crippen molar-refractivity contribution in [2.24, 2.45) is 16.8 Å². The number of nitrogens with two attached hydrogens (primary N) is 1. The van der Waals surface area contributed by atoms with Gasteiger partial charge in [-0.2, -0.15) is 5.10 Å². The van der Waals surface area contributed by atoms with Crippen molar-refractivity contribution in [1.82, 2.24) is 5.01 Å². The van der Waals surface area contributed by atoms with Crippen molar-refractivity contribution >= 4 is 22.7 Å². The van der Waals surface area contributed by atoms with Crippen molar-refractivity contribution in [3.05, 3.63) is 70.8 Å². The van der Waals surface area contributed by atoms with Gasteiger partial charge in [0.2, 0.25) is 5.91 Å². The summed E-state index contributed by atoms with van der Waals surface area (Å²) in [5.74, 6) is -1.29. The fraction of sp³-hybridized carbons (Fsp3) is 0.333. The first kappa shape index (κ1) is 19.1. The summed E-state index contributed by atoms with van der Waals surface area (Å²) in [7, 11) is 0. The van der Waals surface area contributed by atoms with E-state index in [1.165, 1.54) is 23.7 Å². The lowest BCUT2D eigenvalue weighted by Gasteiger charge is -2.45. The highest BCUT2D eigenvalue weighted by atomic mass is 32.2. The Morgan fingerprint density at radius 2 is 2.11 bits per heavy atom. The number of hydrogen-bond acceptors (Lipinski definition) is 4. The second-order valence-electron chi connectivity index (χ2n) is 7.13. The van der Waals surface area contributed by atoms with E-state index in [-0.39, 0.29) is 17.4 Å². The third-order valence-corrected chi connectivity index (χ3v) is 6.98. The molecule has 7 heteroatoms. The highest BCUT2D eigenvalue weighted by molar-refractivity contribution is 8.15. The fourth-order valence-electron chi connectivity index (χ4n) is 4.25. The molecule has 4 nitrogen and oxygen atoms in total. The Bertz CT molecular complexity index is 964. The van der Waals surface area contributed by atoms with Crippen LogP contribution in [-0.4, -0.2) is 22.5 Å². The van der Waals surface area contributed by atoms with Crippen LogP contribution in [0.25, 0.3) is 0 Å². The summed E-state index contributed by atoms with van der Waals surface area (Å²) in [5.41, 5.74) is 8.09. The molecule has 0 fully saturated rings. The van der Waals surface area contributed by atoms with Crippen LogP contribution >= 0.6 is 11.8 Å². The van der Waals surface area contributed by atoms with Crippen molar-refractivity contribution in [2.45, 2.75) is 31.1 Å². The van der Waals surface area contributed by atoms with E-state index in [4.69, 9.17) is 5.73 Å². The lowest BCUT2D eigenvalue weighted by molar-refractivity contribution is -0.134. The predicted octanol–water partition coefficient (Wildman–Crippen LogP) is 3.99. The van der Waals surface area contributed by atoms with E-state index in [1.54, 1.807) is 0 Å². The number of amides is 1. The molecule has 1 aliphatic carbocycles. The third-order valence-electron chi connectivity index (χ3n) is 5.45. The smallest absolute Gasteiger partial charge is 0.241 e. The zero-order valence-corrected chi connectivity index (χ0v) is 16.3. The number of benzene rings is 2. The van der Waals surface area contributed by atoms with E-state index in [1.807, 2.05) is 18.2 Å². The summed E-state index contributed by atoms with van der Waals surface area (Å²) in [6, 6.07) is 11.3. The summed E-state index contributed by atoms with van der Waals surface area (Å²) in [6.45, 7) is 1.93. The zero-order chi connectivity index (χ0) is 19.9. The van der Waals surface area contributed by atoms with Crippen molar-refractivity contribution < 1.29 is 13.6 Å². The van der Waals surface area contributed by atoms with Gasteiger partial charge in [0.05, 0.1) is 0 Å². The molecular weight excluding hydrogens is 380 g/mol. The highest BCUT2D eigenvalue weighted by Crippen LogP contribution is 2.57. The van der Waals surface area contributed by atoms with Crippen molar-refractivity contribution in [3.63, 3.8) is 0 Å². The molecule has 4 rings (SSSR count). The molecule has 1 spiro atoms. The molecule has 2 aromatic rings. The summed E-state index contributed by atoms with van der Waals surface area (Å²) < 4.78 is 28.3. The van der Waals surface area contributed by atoms with Gasteiger partial charge in [-0.3, -0.25) is 4.79 Å². The largest absolute Gasteiger partial charge is 0.330 e. The molecular formula is C21H21F2N3OS. The molecule has 1 aliphatic heterocycles. The van der Waals surface area contributed by atoms with Gasteiger partial charge >= 0.3 is 0 Å². The first-order valence-electron chi connectivity index (χ1n) is 9.29. The molecule has 1 heterocycles. The summed E-state index contributed by atoms with van der Waals surface area (Å²) in [4.78, 5) is 11.8. The molecule has 2 N–H and O–H groups in total. The molecule has 0 bridgehead atoms. The number of halogens is 2. The molecule has 2 aromatic carbocycles. The Kier molecular flexibility index (Phi) is 4.97. The van der Waals surface area contributed by atoms with Crippen molar-refractivity contribution in [3.8, 4) is 0 Å². The lowest BCUT2D eigenvalue weighted by atomic mass is 9.77. The minimum Gasteiger partial charge on any atom is -0.330 e. The van der Waals surface area contributed by atoms with E-state index in [2.05, 4.69) is 11.2 Å². The van der Waals surface area contributed by atoms with Crippen LogP contribution < -0.4 is 5.73 Å². The predicted molar refractivity (Wildman–Crippen MR) is 107 cm³/mol. The minimum absolute atomic E-state index is 0.0548. The number of thioether (sulfide) groups is 1. The molecule has 0 unspecified atom stereocenters. The van der Waals surface area contributed by atoms with E-state index in [0.717, 1.165) is 42.2 Å². The van der Waals surface area contributed by atoms with E-state index in [9.17, 15) is 13.6 Å². The number of hydrazone groups is 1. The summed E-state index contributed by atoms with van der Waals surface area (Å²) in [6.07, 6.45) is 2.44. The van der Waals surface area contributed by atoms with Crippen LogP contribution in [0, 0.1) is 17.6 Å². The average Bonchev–Trinajstić information content (AvgIpc) is 3.08. The lowest BCUT2D eigenvalue weighted by Crippen LogP contribution is -2.49. The SMILES string of the molecule is CC(=O)N1N=C(c2cc(F)ccc2F)S[C@]12c1ccccc1CC[C@@H]2CCN. The van der Waals surface area contributed by atoms with Gasteiger partial charge in [0.15, 0.2) is 0 Å². The van der Waals surface area contributed by atoms with Gasteiger partial charge in [-0.15, -0.1) is 0 Å². The maximum atomic E-state index is 14.5. The van der Waals surface area contributed by atoms with Crippen molar-refractivity contribution in [1.29, 1.82) is 0 Å². The Hall–Kier alpha value is -2.25. The third kappa shape index (κ3) is 2.93. The molecule has 28 heavy (non-hydrogen) atoms. The monoisotopic (exact) mass is 401 g/mol. The topological polar surface area (TPSA) is 58.7 Å². The van der Waals surface area contributed by atoms with Crippen LogP contribution in [-0.2, 0) is 16.1 Å². The van der Waals surface area contributed by atoms with Gasteiger partial charge in [0.1, 0.15) is 21.5 Å². The van der Waals surface area contributed by atoms with Crippen LogP contribution in [0.1, 0.15) is 36.5 Å². The first-order valence-corrected chi connectivity index (χ1v) is 10.1. The number of hydrogen-bond donors (Lipinski definition) is 1. The maximum absolute atomic E-state index is 14.5. The number of fused-ring (bicyclic) bond motifs is 2. The highest BCUT2D eigenvalue weighted by Gasteiger charge is 2.55. The van der Waals surface area contributed by atoms with Crippen LogP contribution in [0.4, 0.5) is 8.78 Å². The van der Waals surface area contributed by atoms with Gasteiger partial charge in [-0.05, 0) is 61.1 Å². The Balaban J connectivity index is 1.89. The summed E-state index contributed by atoms with van der Waals surface area (Å²) in [5, 5.41) is 6.25. The van der Waals surface area contributed by atoms with Gasteiger partial charge < -0.3 is 5.73 Å². The number of carbonyl (C=O) groups is 1. The molecule has 0 saturated carbocycles. The van der Waals surface area contributed by atoms with Gasteiger partial charge in [-0.25, -0.2) is 13.8 Å². The minimum atomic E-state index is -0.797. The standard InChI is InChI=1S/C21H21F2N3OS/c1-13(27)26-21(28-20(25-26)17-12-16(22)8-9-19(17)23)15(10-11-24)7-6-14-4-2-3-5-18(14)21/h2-5,8-9,12,15H,6-7,10-11,24H2,1H3/t15-,21-/m1/s1. The number of carbonyl (C=O) groups excluding carboxylic acids is 1. The second kappa shape index (κ2) is 7.29.